The smallest absolute Gasteiger partial charge is 0.204 e. The van der Waals surface area contributed by atoms with E-state index in [2.05, 4.69) is 52.1 Å². The van der Waals surface area contributed by atoms with E-state index < -0.39 is 0 Å². The summed E-state index contributed by atoms with van der Waals surface area (Å²) in [6.45, 7) is 10.9. The van der Waals surface area contributed by atoms with Crippen LogP contribution in [-0.2, 0) is 0 Å². The van der Waals surface area contributed by atoms with Crippen molar-refractivity contribution in [2.75, 3.05) is 44.6 Å². The number of rotatable bonds is 5. The van der Waals surface area contributed by atoms with Gasteiger partial charge in [-0.05, 0) is 26.0 Å². The van der Waals surface area contributed by atoms with Crippen molar-refractivity contribution in [2.45, 2.75) is 19.9 Å². The first-order valence-electron chi connectivity index (χ1n) is 7.89. The van der Waals surface area contributed by atoms with Crippen LogP contribution < -0.4 is 10.6 Å². The fourth-order valence-electron chi connectivity index (χ4n) is 2.95. The standard InChI is InChI=1S/C16H25N5/c1-13(2)21-15-6-4-3-5-14(15)19-16(21)18-9-12-20-10-7-17-8-11-20/h3-6,13,17H,7-12H2,1-2H3,(H,18,19). The van der Waals surface area contributed by atoms with Crippen molar-refractivity contribution in [3.63, 3.8) is 0 Å². The third-order valence-electron chi connectivity index (χ3n) is 4.03. The van der Waals surface area contributed by atoms with Crippen molar-refractivity contribution in [1.29, 1.82) is 0 Å². The minimum atomic E-state index is 0.402. The van der Waals surface area contributed by atoms with Gasteiger partial charge < -0.3 is 15.2 Å². The lowest BCUT2D eigenvalue weighted by Crippen LogP contribution is -2.45. The summed E-state index contributed by atoms with van der Waals surface area (Å²) < 4.78 is 2.28. The molecule has 0 aliphatic carbocycles. The second kappa shape index (κ2) is 6.45. The molecular weight excluding hydrogens is 262 g/mol. The summed E-state index contributed by atoms with van der Waals surface area (Å²) in [6, 6.07) is 8.75. The van der Waals surface area contributed by atoms with Crippen molar-refractivity contribution in [1.82, 2.24) is 19.8 Å². The molecule has 3 rings (SSSR count). The zero-order valence-corrected chi connectivity index (χ0v) is 13.0. The van der Waals surface area contributed by atoms with Crippen LogP contribution in [0.5, 0.6) is 0 Å². The van der Waals surface area contributed by atoms with Crippen molar-refractivity contribution in [3.8, 4) is 0 Å². The monoisotopic (exact) mass is 287 g/mol. The number of para-hydroxylation sites is 2. The molecule has 2 N–H and O–H groups in total. The molecule has 0 unspecified atom stereocenters. The van der Waals surface area contributed by atoms with Crippen molar-refractivity contribution < 1.29 is 0 Å². The highest BCUT2D eigenvalue weighted by Crippen LogP contribution is 2.23. The third kappa shape index (κ3) is 3.19. The molecule has 5 heteroatoms. The Morgan fingerprint density at radius 2 is 2.00 bits per heavy atom. The highest BCUT2D eigenvalue weighted by Gasteiger charge is 2.13. The molecule has 0 saturated carbocycles. The van der Waals surface area contributed by atoms with E-state index in [0.717, 1.165) is 50.7 Å². The van der Waals surface area contributed by atoms with Gasteiger partial charge in [0.15, 0.2) is 0 Å². The van der Waals surface area contributed by atoms with Gasteiger partial charge in [-0.2, -0.15) is 0 Å². The molecule has 0 atom stereocenters. The van der Waals surface area contributed by atoms with Crippen LogP contribution in [-0.4, -0.2) is 53.7 Å². The minimum Gasteiger partial charge on any atom is -0.354 e. The summed E-state index contributed by atoms with van der Waals surface area (Å²) >= 11 is 0. The Kier molecular flexibility index (Phi) is 4.41. The van der Waals surface area contributed by atoms with Crippen LogP contribution in [0.15, 0.2) is 24.3 Å². The lowest BCUT2D eigenvalue weighted by atomic mass is 10.3. The van der Waals surface area contributed by atoms with Gasteiger partial charge >= 0.3 is 0 Å². The summed E-state index contributed by atoms with van der Waals surface area (Å²) in [5.41, 5.74) is 2.27. The number of benzene rings is 1. The average Bonchev–Trinajstić information content (AvgIpc) is 2.86. The Morgan fingerprint density at radius 3 is 2.76 bits per heavy atom. The Labute approximate surface area is 126 Å². The molecule has 1 aliphatic rings. The first kappa shape index (κ1) is 14.4. The van der Waals surface area contributed by atoms with Crippen LogP contribution in [0.4, 0.5) is 5.95 Å². The maximum Gasteiger partial charge on any atom is 0.204 e. The number of hydrogen-bond donors (Lipinski definition) is 2. The van der Waals surface area contributed by atoms with E-state index in [1.54, 1.807) is 0 Å². The predicted molar refractivity (Wildman–Crippen MR) is 87.9 cm³/mol. The van der Waals surface area contributed by atoms with E-state index in [1.165, 1.54) is 5.52 Å². The molecule has 1 aromatic heterocycles. The summed E-state index contributed by atoms with van der Waals surface area (Å²) in [6.07, 6.45) is 0. The van der Waals surface area contributed by atoms with Crippen molar-refractivity contribution >= 4 is 17.0 Å². The van der Waals surface area contributed by atoms with Crippen LogP contribution in [0, 0.1) is 0 Å². The van der Waals surface area contributed by atoms with Crippen LogP contribution in [0.25, 0.3) is 11.0 Å². The SMILES string of the molecule is CC(C)n1c(NCCN2CCNCC2)nc2ccccc21. The Hall–Kier alpha value is -1.59. The molecule has 1 aromatic carbocycles. The fourth-order valence-corrected chi connectivity index (χ4v) is 2.95. The van der Waals surface area contributed by atoms with E-state index in [1.807, 2.05) is 6.07 Å². The van der Waals surface area contributed by atoms with Gasteiger partial charge in [0.05, 0.1) is 11.0 Å². The molecule has 1 saturated heterocycles. The first-order valence-corrected chi connectivity index (χ1v) is 7.89. The van der Waals surface area contributed by atoms with Gasteiger partial charge in [0.1, 0.15) is 0 Å². The zero-order chi connectivity index (χ0) is 14.7. The Morgan fingerprint density at radius 1 is 1.24 bits per heavy atom. The Bertz CT molecular complexity index is 583. The maximum absolute atomic E-state index is 4.74. The summed E-state index contributed by atoms with van der Waals surface area (Å²) in [4.78, 5) is 7.23. The molecule has 2 aromatic rings. The highest BCUT2D eigenvalue weighted by atomic mass is 15.2. The van der Waals surface area contributed by atoms with Crippen LogP contribution in [0.1, 0.15) is 19.9 Å². The Balaban J connectivity index is 1.69. The van der Waals surface area contributed by atoms with Crippen LogP contribution in [0.2, 0.25) is 0 Å². The van der Waals surface area contributed by atoms with Gasteiger partial charge in [-0.25, -0.2) is 4.98 Å². The number of imidazole rings is 1. The van der Waals surface area contributed by atoms with Gasteiger partial charge in [-0.15, -0.1) is 0 Å². The molecule has 0 radical (unpaired) electrons. The third-order valence-corrected chi connectivity index (χ3v) is 4.03. The first-order chi connectivity index (χ1) is 10.3. The van der Waals surface area contributed by atoms with E-state index in [0.29, 0.717) is 6.04 Å². The molecule has 0 amide bonds. The van der Waals surface area contributed by atoms with Crippen molar-refractivity contribution in [3.05, 3.63) is 24.3 Å². The molecule has 2 heterocycles. The predicted octanol–water partition coefficient (Wildman–Crippen LogP) is 1.93. The second-order valence-electron chi connectivity index (χ2n) is 5.91. The topological polar surface area (TPSA) is 45.1 Å². The lowest BCUT2D eigenvalue weighted by molar-refractivity contribution is 0.249. The number of aromatic nitrogens is 2. The van der Waals surface area contributed by atoms with Crippen molar-refractivity contribution in [2.24, 2.45) is 0 Å². The number of fused-ring (bicyclic) bond motifs is 1. The highest BCUT2D eigenvalue weighted by molar-refractivity contribution is 5.78. The molecule has 5 nitrogen and oxygen atoms in total. The molecule has 21 heavy (non-hydrogen) atoms. The van der Waals surface area contributed by atoms with Gasteiger partial charge in [-0.1, -0.05) is 12.1 Å². The second-order valence-corrected chi connectivity index (χ2v) is 5.91. The molecule has 0 spiro atoms. The van der Waals surface area contributed by atoms with Crippen LogP contribution in [0.3, 0.4) is 0 Å². The van der Waals surface area contributed by atoms with E-state index in [-0.39, 0.29) is 0 Å². The van der Waals surface area contributed by atoms with Gasteiger partial charge in [0.25, 0.3) is 0 Å². The van der Waals surface area contributed by atoms with Crippen LogP contribution >= 0.6 is 0 Å². The number of nitrogens with one attached hydrogen (secondary N) is 2. The average molecular weight is 287 g/mol. The van der Waals surface area contributed by atoms with E-state index >= 15 is 0 Å². The zero-order valence-electron chi connectivity index (χ0n) is 13.0. The number of anilines is 1. The summed E-state index contributed by atoms with van der Waals surface area (Å²) in [7, 11) is 0. The minimum absolute atomic E-state index is 0.402. The number of nitrogens with zero attached hydrogens (tertiary/aromatic N) is 3. The fraction of sp³-hybridized carbons (Fsp3) is 0.562. The lowest BCUT2D eigenvalue weighted by Gasteiger charge is -2.27. The maximum atomic E-state index is 4.74. The quantitative estimate of drug-likeness (QED) is 0.882. The largest absolute Gasteiger partial charge is 0.354 e. The number of piperazine rings is 1. The normalized spacial score (nSPS) is 16.7. The number of hydrogen-bond acceptors (Lipinski definition) is 4. The van der Waals surface area contributed by atoms with E-state index in [4.69, 9.17) is 4.98 Å². The molecule has 1 fully saturated rings. The summed E-state index contributed by atoms with van der Waals surface area (Å²) in [5.74, 6) is 0.987. The van der Waals surface area contributed by atoms with Gasteiger partial charge in [0.2, 0.25) is 5.95 Å². The molecule has 114 valence electrons. The molecular formula is C16H25N5. The van der Waals surface area contributed by atoms with Gasteiger partial charge in [-0.3, -0.25) is 4.90 Å². The molecule has 0 bridgehead atoms. The van der Waals surface area contributed by atoms with E-state index in [9.17, 15) is 0 Å². The summed E-state index contributed by atoms with van der Waals surface area (Å²) in [5, 5.41) is 6.91. The molecule has 1 aliphatic heterocycles. The van der Waals surface area contributed by atoms with Gasteiger partial charge in [0, 0.05) is 45.3 Å².